The number of hydrogen-bond acceptors (Lipinski definition) is 4. The number of carbonyl (C=O) groups is 2. The number of unbranched alkanes of at least 4 members (excludes halogenated alkanes) is 2. The van der Waals surface area contributed by atoms with Crippen LogP contribution in [0.15, 0.2) is 12.2 Å². The largest absolute Gasteiger partial charge is 0.456 e. The summed E-state index contributed by atoms with van der Waals surface area (Å²) >= 11 is 0. The van der Waals surface area contributed by atoms with Gasteiger partial charge >= 0.3 is 11.9 Å². The first-order valence-electron chi connectivity index (χ1n) is 11.7. The zero-order chi connectivity index (χ0) is 20.3. The van der Waals surface area contributed by atoms with Crippen molar-refractivity contribution < 1.29 is 19.1 Å². The topological polar surface area (TPSA) is 52.6 Å². The molecule has 0 spiro atoms. The van der Waals surface area contributed by atoms with Crippen molar-refractivity contribution in [1.29, 1.82) is 0 Å². The molecule has 160 valence electrons. The first-order chi connectivity index (χ1) is 13.5. The summed E-state index contributed by atoms with van der Waals surface area (Å²) in [5.41, 5.74) is -0.656. The van der Waals surface area contributed by atoms with E-state index in [1.807, 2.05) is 0 Å². The number of carbonyl (C=O) groups excluding carboxylic acids is 2. The fourth-order valence-electron chi connectivity index (χ4n) is 4.83. The zero-order valence-electron chi connectivity index (χ0n) is 18.1. The average molecular weight is 393 g/mol. The highest BCUT2D eigenvalue weighted by Gasteiger charge is 2.36. The Bertz CT molecular complexity index is 465. The van der Waals surface area contributed by atoms with Gasteiger partial charge in [-0.3, -0.25) is 0 Å². The predicted octanol–water partition coefficient (Wildman–Crippen LogP) is 6.42. The summed E-state index contributed by atoms with van der Waals surface area (Å²) in [6, 6.07) is 0. The third kappa shape index (κ3) is 7.25. The molecule has 0 radical (unpaired) electrons. The monoisotopic (exact) mass is 392 g/mol. The van der Waals surface area contributed by atoms with Crippen LogP contribution in [0.4, 0.5) is 0 Å². The molecule has 0 heterocycles. The minimum absolute atomic E-state index is 0.328. The smallest absolute Gasteiger partial charge is 0.331 e. The van der Waals surface area contributed by atoms with Gasteiger partial charge in [0.05, 0.1) is 0 Å². The highest BCUT2D eigenvalue weighted by atomic mass is 16.6. The van der Waals surface area contributed by atoms with Crippen LogP contribution in [-0.4, -0.2) is 23.1 Å². The van der Waals surface area contributed by atoms with Crippen molar-refractivity contribution in [3.05, 3.63) is 12.2 Å². The molecule has 0 aliphatic heterocycles. The van der Waals surface area contributed by atoms with Crippen molar-refractivity contribution in [3.63, 3.8) is 0 Å². The maximum absolute atomic E-state index is 12.4. The van der Waals surface area contributed by atoms with E-state index in [-0.39, 0.29) is 11.2 Å². The quantitative estimate of drug-likeness (QED) is 0.318. The van der Waals surface area contributed by atoms with Gasteiger partial charge in [0.25, 0.3) is 0 Å². The Morgan fingerprint density at radius 3 is 1.36 bits per heavy atom. The summed E-state index contributed by atoms with van der Waals surface area (Å²) in [4.78, 5) is 24.8. The molecule has 0 unspecified atom stereocenters. The summed E-state index contributed by atoms with van der Waals surface area (Å²) in [5.74, 6) is -0.803. The second-order valence-corrected chi connectivity index (χ2v) is 8.87. The van der Waals surface area contributed by atoms with Crippen molar-refractivity contribution in [2.75, 3.05) is 0 Å². The van der Waals surface area contributed by atoms with E-state index >= 15 is 0 Å². The molecule has 0 amide bonds. The molecule has 2 saturated carbocycles. The minimum atomic E-state index is -0.402. The Balaban J connectivity index is 1.91. The average Bonchev–Trinajstić information content (AvgIpc) is 2.71. The summed E-state index contributed by atoms with van der Waals surface area (Å²) < 4.78 is 11.8. The molecular formula is C24H40O4. The van der Waals surface area contributed by atoms with E-state index in [4.69, 9.17) is 9.47 Å². The van der Waals surface area contributed by atoms with Gasteiger partial charge < -0.3 is 9.47 Å². The van der Waals surface area contributed by atoms with E-state index in [1.54, 1.807) is 0 Å². The van der Waals surface area contributed by atoms with Crippen molar-refractivity contribution in [3.8, 4) is 0 Å². The van der Waals surface area contributed by atoms with E-state index in [0.717, 1.165) is 89.9 Å². The first-order valence-corrected chi connectivity index (χ1v) is 11.7. The van der Waals surface area contributed by atoms with Gasteiger partial charge in [-0.1, -0.05) is 39.5 Å². The van der Waals surface area contributed by atoms with Gasteiger partial charge in [0.1, 0.15) is 11.2 Å². The molecule has 0 aromatic rings. The fraction of sp³-hybridized carbons (Fsp3) is 0.833. The highest BCUT2D eigenvalue weighted by Crippen LogP contribution is 2.37. The molecule has 0 saturated heterocycles. The Hall–Kier alpha value is -1.32. The second kappa shape index (κ2) is 11.6. The van der Waals surface area contributed by atoms with Gasteiger partial charge in [0, 0.05) is 12.2 Å². The molecule has 0 N–H and O–H groups in total. The van der Waals surface area contributed by atoms with Crippen molar-refractivity contribution in [2.45, 2.75) is 128 Å². The highest BCUT2D eigenvalue weighted by molar-refractivity contribution is 5.92. The van der Waals surface area contributed by atoms with Crippen LogP contribution in [0, 0.1) is 0 Å². The molecule has 0 bridgehead atoms. The lowest BCUT2D eigenvalue weighted by Gasteiger charge is -2.37. The summed E-state index contributed by atoms with van der Waals surface area (Å²) in [7, 11) is 0. The maximum atomic E-state index is 12.4. The predicted molar refractivity (Wildman–Crippen MR) is 112 cm³/mol. The normalized spacial score (nSPS) is 21.4. The number of ether oxygens (including phenoxy) is 2. The molecule has 0 atom stereocenters. The molecular weight excluding hydrogens is 352 g/mol. The SMILES string of the molecule is CCCCC1(OC(=O)/C=C\C(=O)OC2(CCCC)CCCCC2)CCCCC1. The van der Waals surface area contributed by atoms with Gasteiger partial charge in [-0.05, 0) is 77.0 Å². The van der Waals surface area contributed by atoms with Gasteiger partial charge in [-0.25, -0.2) is 9.59 Å². The molecule has 2 fully saturated rings. The lowest BCUT2D eigenvalue weighted by atomic mass is 9.81. The molecule has 4 nitrogen and oxygen atoms in total. The number of hydrogen-bond donors (Lipinski definition) is 0. The molecule has 0 aromatic carbocycles. The standard InChI is InChI=1S/C24H40O4/c1-3-5-15-23(17-9-7-10-18-23)27-21(25)13-14-22(26)28-24(16-6-4-2)19-11-8-12-20-24/h13-14H,3-12,15-20H2,1-2H3/b14-13-. The lowest BCUT2D eigenvalue weighted by molar-refractivity contribution is -0.161. The molecule has 4 heteroatoms. The van der Waals surface area contributed by atoms with Gasteiger partial charge in [-0.15, -0.1) is 0 Å². The van der Waals surface area contributed by atoms with Crippen molar-refractivity contribution >= 4 is 11.9 Å². The minimum Gasteiger partial charge on any atom is -0.456 e. The van der Waals surface area contributed by atoms with Crippen LogP contribution in [-0.2, 0) is 19.1 Å². The Morgan fingerprint density at radius 1 is 0.679 bits per heavy atom. The van der Waals surface area contributed by atoms with Crippen LogP contribution in [0.3, 0.4) is 0 Å². The van der Waals surface area contributed by atoms with E-state index in [0.29, 0.717) is 0 Å². The van der Waals surface area contributed by atoms with Crippen molar-refractivity contribution in [2.24, 2.45) is 0 Å². The van der Waals surface area contributed by atoms with E-state index in [1.165, 1.54) is 25.0 Å². The van der Waals surface area contributed by atoms with Crippen molar-refractivity contribution in [1.82, 2.24) is 0 Å². The van der Waals surface area contributed by atoms with E-state index < -0.39 is 11.9 Å². The molecule has 2 aliphatic rings. The third-order valence-corrected chi connectivity index (χ3v) is 6.49. The van der Waals surface area contributed by atoms with Crippen LogP contribution in [0.25, 0.3) is 0 Å². The van der Waals surface area contributed by atoms with E-state index in [9.17, 15) is 9.59 Å². The first kappa shape index (κ1) is 23.0. The van der Waals surface area contributed by atoms with Crippen LogP contribution >= 0.6 is 0 Å². The Kier molecular flexibility index (Phi) is 9.53. The van der Waals surface area contributed by atoms with Crippen LogP contribution < -0.4 is 0 Å². The lowest BCUT2D eigenvalue weighted by Crippen LogP contribution is -2.37. The van der Waals surface area contributed by atoms with Gasteiger partial charge in [-0.2, -0.15) is 0 Å². The van der Waals surface area contributed by atoms with Crippen LogP contribution in [0.1, 0.15) is 117 Å². The maximum Gasteiger partial charge on any atom is 0.331 e. The van der Waals surface area contributed by atoms with Crippen LogP contribution in [0.5, 0.6) is 0 Å². The molecule has 2 aliphatic carbocycles. The Morgan fingerprint density at radius 2 is 1.04 bits per heavy atom. The molecule has 0 aromatic heterocycles. The zero-order valence-corrected chi connectivity index (χ0v) is 18.1. The van der Waals surface area contributed by atoms with Gasteiger partial charge in [0.15, 0.2) is 0 Å². The van der Waals surface area contributed by atoms with E-state index in [2.05, 4.69) is 13.8 Å². The molecule has 28 heavy (non-hydrogen) atoms. The summed E-state index contributed by atoms with van der Waals surface area (Å²) in [6.07, 6.45) is 19.4. The fourth-order valence-corrected chi connectivity index (χ4v) is 4.83. The van der Waals surface area contributed by atoms with Crippen LogP contribution in [0.2, 0.25) is 0 Å². The second-order valence-electron chi connectivity index (χ2n) is 8.87. The van der Waals surface area contributed by atoms with Gasteiger partial charge in [0.2, 0.25) is 0 Å². The molecule has 2 rings (SSSR count). The number of esters is 2. The summed E-state index contributed by atoms with van der Waals surface area (Å²) in [6.45, 7) is 4.32. The third-order valence-electron chi connectivity index (χ3n) is 6.49. The Labute approximate surface area is 171 Å². The summed E-state index contributed by atoms with van der Waals surface area (Å²) in [5, 5.41) is 0. The number of rotatable bonds is 10.